The van der Waals surface area contributed by atoms with Crippen molar-refractivity contribution in [3.8, 4) is 0 Å². The zero-order valence-electron chi connectivity index (χ0n) is 6.81. The monoisotopic (exact) mass is 154 g/mol. The van der Waals surface area contributed by atoms with Gasteiger partial charge in [0, 0.05) is 18.2 Å². The van der Waals surface area contributed by atoms with E-state index in [1.807, 2.05) is 0 Å². The highest BCUT2D eigenvalue weighted by atomic mass is 16.1. The molecule has 0 aliphatic carbocycles. The number of hydrogen-bond donors (Lipinski definition) is 2. The molecule has 1 rings (SSSR count). The van der Waals surface area contributed by atoms with Crippen LogP contribution >= 0.6 is 0 Å². The Balaban J connectivity index is 2.29. The van der Waals surface area contributed by atoms with E-state index in [1.54, 1.807) is 6.92 Å². The first-order valence-corrected chi connectivity index (χ1v) is 3.87. The maximum Gasteiger partial charge on any atom is 0.246 e. The summed E-state index contributed by atoms with van der Waals surface area (Å²) in [5.74, 6) is -0.0290. The molecule has 2 N–H and O–H groups in total. The molecule has 0 saturated carbocycles. The average Bonchev–Trinajstić information content (AvgIpc) is 2.39. The lowest BCUT2D eigenvalue weighted by atomic mass is 10.2. The molecule has 1 heterocycles. The predicted molar refractivity (Wildman–Crippen MR) is 44.2 cm³/mol. The van der Waals surface area contributed by atoms with Crippen molar-refractivity contribution in [3.63, 3.8) is 0 Å². The summed E-state index contributed by atoms with van der Waals surface area (Å²) in [4.78, 5) is 11.1. The third-order valence-electron chi connectivity index (χ3n) is 1.78. The Morgan fingerprint density at radius 1 is 1.73 bits per heavy atom. The van der Waals surface area contributed by atoms with Gasteiger partial charge in [0.2, 0.25) is 5.91 Å². The standard InChI is InChI=1S/C8H14N2O/c1-6(2)8(11)10-7-3-4-9-5-7/h7,9H,1,3-5H2,2H3,(H,10,11). The Hall–Kier alpha value is -0.830. The number of carbonyl (C=O) groups is 1. The molecule has 1 fully saturated rings. The van der Waals surface area contributed by atoms with Crippen molar-refractivity contribution in [2.24, 2.45) is 0 Å². The van der Waals surface area contributed by atoms with Gasteiger partial charge in [-0.2, -0.15) is 0 Å². The number of carbonyl (C=O) groups excluding carboxylic acids is 1. The molecule has 0 aromatic heterocycles. The summed E-state index contributed by atoms with van der Waals surface area (Å²) in [6.07, 6.45) is 1.03. The number of hydrogen-bond acceptors (Lipinski definition) is 2. The lowest BCUT2D eigenvalue weighted by molar-refractivity contribution is -0.118. The lowest BCUT2D eigenvalue weighted by Gasteiger charge is -2.10. The van der Waals surface area contributed by atoms with Crippen molar-refractivity contribution >= 4 is 5.91 Å². The van der Waals surface area contributed by atoms with Gasteiger partial charge in [0.15, 0.2) is 0 Å². The van der Waals surface area contributed by atoms with E-state index in [1.165, 1.54) is 0 Å². The predicted octanol–water partition coefficient (Wildman–Crippen LogP) is 0.0406. The third kappa shape index (κ3) is 2.35. The molecule has 1 saturated heterocycles. The second-order valence-corrected chi connectivity index (χ2v) is 2.94. The Morgan fingerprint density at radius 2 is 2.45 bits per heavy atom. The maximum absolute atomic E-state index is 11.1. The van der Waals surface area contributed by atoms with E-state index in [4.69, 9.17) is 0 Å². The van der Waals surface area contributed by atoms with Crippen molar-refractivity contribution in [3.05, 3.63) is 12.2 Å². The van der Waals surface area contributed by atoms with E-state index < -0.39 is 0 Å². The van der Waals surface area contributed by atoms with Gasteiger partial charge < -0.3 is 10.6 Å². The van der Waals surface area contributed by atoms with Crippen LogP contribution in [0.15, 0.2) is 12.2 Å². The van der Waals surface area contributed by atoms with Gasteiger partial charge in [0.25, 0.3) is 0 Å². The summed E-state index contributed by atoms with van der Waals surface area (Å²) >= 11 is 0. The van der Waals surface area contributed by atoms with E-state index in [2.05, 4.69) is 17.2 Å². The van der Waals surface area contributed by atoms with Crippen LogP contribution in [-0.2, 0) is 4.79 Å². The van der Waals surface area contributed by atoms with Crippen LogP contribution < -0.4 is 10.6 Å². The summed E-state index contributed by atoms with van der Waals surface area (Å²) in [6.45, 7) is 7.17. The third-order valence-corrected chi connectivity index (χ3v) is 1.78. The molecule has 0 aromatic carbocycles. The molecule has 0 aromatic rings. The normalized spacial score (nSPS) is 23.2. The van der Waals surface area contributed by atoms with Crippen molar-refractivity contribution in [1.29, 1.82) is 0 Å². The van der Waals surface area contributed by atoms with Crippen LogP contribution in [0.4, 0.5) is 0 Å². The molecule has 1 atom stereocenters. The molecule has 3 heteroatoms. The summed E-state index contributed by atoms with van der Waals surface area (Å²) < 4.78 is 0. The largest absolute Gasteiger partial charge is 0.348 e. The molecule has 3 nitrogen and oxygen atoms in total. The van der Waals surface area contributed by atoms with Crippen molar-refractivity contribution in [1.82, 2.24) is 10.6 Å². The molecule has 0 bridgehead atoms. The zero-order chi connectivity index (χ0) is 8.27. The molecule has 0 radical (unpaired) electrons. The first-order chi connectivity index (χ1) is 5.20. The molecule has 1 amide bonds. The molecular formula is C8H14N2O. The van der Waals surface area contributed by atoms with Gasteiger partial charge >= 0.3 is 0 Å². The van der Waals surface area contributed by atoms with Crippen LogP contribution in [0.3, 0.4) is 0 Å². The van der Waals surface area contributed by atoms with E-state index in [9.17, 15) is 4.79 Å². The highest BCUT2D eigenvalue weighted by Crippen LogP contribution is 1.98. The van der Waals surface area contributed by atoms with E-state index in [-0.39, 0.29) is 5.91 Å². The van der Waals surface area contributed by atoms with Crippen LogP contribution in [-0.4, -0.2) is 25.0 Å². The van der Waals surface area contributed by atoms with Crippen molar-refractivity contribution in [2.45, 2.75) is 19.4 Å². The first-order valence-electron chi connectivity index (χ1n) is 3.87. The number of nitrogens with one attached hydrogen (secondary N) is 2. The average molecular weight is 154 g/mol. The number of rotatable bonds is 2. The van der Waals surface area contributed by atoms with Gasteiger partial charge in [-0.05, 0) is 19.9 Å². The topological polar surface area (TPSA) is 41.1 Å². The second-order valence-electron chi connectivity index (χ2n) is 2.94. The van der Waals surface area contributed by atoms with Crippen LogP contribution in [0.1, 0.15) is 13.3 Å². The van der Waals surface area contributed by atoms with Crippen molar-refractivity contribution in [2.75, 3.05) is 13.1 Å². The van der Waals surface area contributed by atoms with E-state index in [0.29, 0.717) is 11.6 Å². The second kappa shape index (κ2) is 3.53. The maximum atomic E-state index is 11.1. The van der Waals surface area contributed by atoms with Crippen LogP contribution in [0.5, 0.6) is 0 Å². The smallest absolute Gasteiger partial charge is 0.246 e. The van der Waals surface area contributed by atoms with E-state index in [0.717, 1.165) is 19.5 Å². The van der Waals surface area contributed by atoms with Gasteiger partial charge in [-0.1, -0.05) is 6.58 Å². The van der Waals surface area contributed by atoms with Gasteiger partial charge in [-0.15, -0.1) is 0 Å². The Kier molecular flexibility index (Phi) is 2.65. The fourth-order valence-corrected chi connectivity index (χ4v) is 1.09. The molecule has 1 unspecified atom stereocenters. The molecule has 62 valence electrons. The minimum absolute atomic E-state index is 0.0290. The Bertz CT molecular complexity index is 171. The van der Waals surface area contributed by atoms with Gasteiger partial charge in [-0.3, -0.25) is 4.79 Å². The lowest BCUT2D eigenvalue weighted by Crippen LogP contribution is -2.36. The van der Waals surface area contributed by atoms with Crippen LogP contribution in [0, 0.1) is 0 Å². The number of amides is 1. The molecule has 1 aliphatic rings. The summed E-state index contributed by atoms with van der Waals surface area (Å²) in [7, 11) is 0. The Morgan fingerprint density at radius 3 is 2.91 bits per heavy atom. The van der Waals surface area contributed by atoms with Gasteiger partial charge in [0.1, 0.15) is 0 Å². The fourth-order valence-electron chi connectivity index (χ4n) is 1.09. The van der Waals surface area contributed by atoms with Crippen LogP contribution in [0.2, 0.25) is 0 Å². The van der Waals surface area contributed by atoms with Crippen molar-refractivity contribution < 1.29 is 4.79 Å². The summed E-state index contributed by atoms with van der Waals surface area (Å²) in [5.41, 5.74) is 0.580. The first kappa shape index (κ1) is 8.27. The Labute approximate surface area is 66.9 Å². The molecule has 0 spiro atoms. The molecule has 1 aliphatic heterocycles. The quantitative estimate of drug-likeness (QED) is 0.551. The molecule has 11 heavy (non-hydrogen) atoms. The summed E-state index contributed by atoms with van der Waals surface area (Å²) in [6, 6.07) is 0.305. The highest BCUT2D eigenvalue weighted by Gasteiger charge is 2.16. The van der Waals surface area contributed by atoms with Gasteiger partial charge in [0.05, 0.1) is 0 Å². The fraction of sp³-hybridized carbons (Fsp3) is 0.625. The minimum Gasteiger partial charge on any atom is -0.348 e. The summed E-state index contributed by atoms with van der Waals surface area (Å²) in [5, 5.41) is 6.05. The van der Waals surface area contributed by atoms with E-state index >= 15 is 0 Å². The zero-order valence-corrected chi connectivity index (χ0v) is 6.81. The molecular weight excluding hydrogens is 140 g/mol. The van der Waals surface area contributed by atoms with Crippen LogP contribution in [0.25, 0.3) is 0 Å². The highest BCUT2D eigenvalue weighted by molar-refractivity contribution is 5.92. The van der Waals surface area contributed by atoms with Gasteiger partial charge in [-0.25, -0.2) is 0 Å². The minimum atomic E-state index is -0.0290. The SMILES string of the molecule is C=C(C)C(=O)NC1CCNC1.